The van der Waals surface area contributed by atoms with E-state index in [0.29, 0.717) is 11.6 Å². The van der Waals surface area contributed by atoms with Gasteiger partial charge in [0.1, 0.15) is 6.54 Å². The quantitative estimate of drug-likeness (QED) is 0.860. The lowest BCUT2D eigenvalue weighted by atomic mass is 10.2. The Hall–Kier alpha value is -2.03. The molecule has 1 aromatic carbocycles. The van der Waals surface area contributed by atoms with Crippen LogP contribution in [-0.4, -0.2) is 48.6 Å². The maximum atomic E-state index is 12.3. The number of nitrogens with one attached hydrogen (secondary N) is 1. The molecule has 0 aliphatic carbocycles. The van der Waals surface area contributed by atoms with E-state index >= 15 is 0 Å². The molecular weight excluding hydrogens is 318 g/mol. The van der Waals surface area contributed by atoms with Gasteiger partial charge in [-0.15, -0.1) is 11.8 Å². The third-order valence-electron chi connectivity index (χ3n) is 2.82. The molecule has 1 saturated heterocycles. The zero-order valence-electron chi connectivity index (χ0n) is 11.7. The van der Waals surface area contributed by atoms with Gasteiger partial charge in [-0.1, -0.05) is 0 Å². The number of rotatable bonds is 6. The average molecular weight is 332 g/mol. The molecule has 1 aliphatic heterocycles. The highest BCUT2D eigenvalue weighted by molar-refractivity contribution is 8.00. The highest BCUT2D eigenvalue weighted by Gasteiger charge is 2.23. The fourth-order valence-electron chi connectivity index (χ4n) is 1.86. The van der Waals surface area contributed by atoms with Gasteiger partial charge in [-0.25, -0.2) is 0 Å². The number of hydrogen-bond acceptors (Lipinski definition) is 5. The lowest BCUT2D eigenvalue weighted by Gasteiger charge is -2.15. The van der Waals surface area contributed by atoms with Gasteiger partial charge in [-0.2, -0.15) is 8.78 Å². The van der Waals surface area contributed by atoms with Gasteiger partial charge in [0.25, 0.3) is 0 Å². The number of anilines is 1. The van der Waals surface area contributed by atoms with E-state index < -0.39 is 12.5 Å². The molecule has 22 heavy (non-hydrogen) atoms. The molecule has 120 valence electrons. The molecule has 0 bridgehead atoms. The summed E-state index contributed by atoms with van der Waals surface area (Å²) in [5.74, 6) is 0.268. The van der Waals surface area contributed by atoms with Crippen molar-refractivity contribution in [2.75, 3.05) is 30.6 Å². The van der Waals surface area contributed by atoms with Crippen molar-refractivity contribution >= 4 is 29.3 Å². The molecule has 0 atom stereocenters. The lowest BCUT2D eigenvalue weighted by Crippen LogP contribution is -2.34. The van der Waals surface area contributed by atoms with Crippen molar-refractivity contribution in [1.82, 2.24) is 4.90 Å². The largest absolute Gasteiger partial charge is 0.493 e. The fraction of sp³-hybridized carbons (Fsp3) is 0.385. The van der Waals surface area contributed by atoms with Crippen LogP contribution in [0.3, 0.4) is 0 Å². The smallest absolute Gasteiger partial charge is 0.387 e. The topological polar surface area (TPSA) is 67.9 Å². The van der Waals surface area contributed by atoms with Crippen LogP contribution in [0.25, 0.3) is 0 Å². The highest BCUT2D eigenvalue weighted by atomic mass is 32.2. The van der Waals surface area contributed by atoms with Crippen molar-refractivity contribution in [3.8, 4) is 11.5 Å². The van der Waals surface area contributed by atoms with Crippen molar-refractivity contribution < 1.29 is 27.8 Å². The second kappa shape index (κ2) is 7.30. The van der Waals surface area contributed by atoms with Gasteiger partial charge in [0.05, 0.1) is 18.7 Å². The Morgan fingerprint density at radius 3 is 2.82 bits per heavy atom. The Morgan fingerprint density at radius 1 is 1.45 bits per heavy atom. The lowest BCUT2D eigenvalue weighted by molar-refractivity contribution is -0.130. The molecule has 6 nitrogen and oxygen atoms in total. The van der Waals surface area contributed by atoms with Crippen LogP contribution in [0.5, 0.6) is 11.5 Å². The summed E-state index contributed by atoms with van der Waals surface area (Å²) in [5.41, 5.74) is 0.278. The molecule has 1 fully saturated rings. The van der Waals surface area contributed by atoms with Gasteiger partial charge < -0.3 is 19.7 Å². The summed E-state index contributed by atoms with van der Waals surface area (Å²) in [6.07, 6.45) is 0. The first kappa shape index (κ1) is 16.3. The van der Waals surface area contributed by atoms with Crippen LogP contribution < -0.4 is 14.8 Å². The number of amides is 2. The Balaban J connectivity index is 2.02. The van der Waals surface area contributed by atoms with Gasteiger partial charge in [0, 0.05) is 11.8 Å². The number of hydrogen-bond donors (Lipinski definition) is 1. The summed E-state index contributed by atoms with van der Waals surface area (Å²) in [5, 5.41) is 2.53. The molecule has 2 amide bonds. The van der Waals surface area contributed by atoms with Crippen molar-refractivity contribution in [1.29, 1.82) is 0 Å². The minimum Gasteiger partial charge on any atom is -0.493 e. The van der Waals surface area contributed by atoms with E-state index in [-0.39, 0.29) is 29.6 Å². The highest BCUT2D eigenvalue weighted by Crippen LogP contribution is 2.31. The second-order valence-electron chi connectivity index (χ2n) is 4.36. The van der Waals surface area contributed by atoms with Crippen LogP contribution in [0.15, 0.2) is 18.2 Å². The van der Waals surface area contributed by atoms with Crippen LogP contribution in [0.1, 0.15) is 0 Å². The van der Waals surface area contributed by atoms with E-state index in [1.165, 1.54) is 42.0 Å². The molecule has 0 unspecified atom stereocenters. The molecule has 1 aromatic rings. The summed E-state index contributed by atoms with van der Waals surface area (Å²) in [6.45, 7) is -3.08. The van der Waals surface area contributed by atoms with Crippen LogP contribution in [0, 0.1) is 0 Å². The summed E-state index contributed by atoms with van der Waals surface area (Å²) < 4.78 is 33.9. The zero-order valence-corrected chi connectivity index (χ0v) is 12.5. The Labute approximate surface area is 129 Å². The molecule has 0 aromatic heterocycles. The number of carbonyl (C=O) groups is 2. The molecule has 2 rings (SSSR count). The second-order valence-corrected chi connectivity index (χ2v) is 5.32. The van der Waals surface area contributed by atoms with E-state index in [9.17, 15) is 18.4 Å². The SMILES string of the molecule is COc1ccc(NC(=O)CN2CSCC2=O)cc1OC(F)F. The fourth-order valence-corrected chi connectivity index (χ4v) is 2.76. The number of carbonyl (C=O) groups excluding carboxylic acids is 2. The predicted octanol–water partition coefficient (Wildman–Crippen LogP) is 1.77. The van der Waals surface area contributed by atoms with Crippen molar-refractivity contribution in [3.63, 3.8) is 0 Å². The first-order valence-electron chi connectivity index (χ1n) is 6.28. The number of benzene rings is 1. The normalized spacial score (nSPS) is 14.4. The number of nitrogens with zero attached hydrogens (tertiary/aromatic N) is 1. The molecule has 0 radical (unpaired) electrons. The van der Waals surface area contributed by atoms with Crippen molar-refractivity contribution in [2.45, 2.75) is 6.61 Å². The first-order chi connectivity index (χ1) is 10.5. The van der Waals surface area contributed by atoms with Gasteiger partial charge >= 0.3 is 6.61 Å². The summed E-state index contributed by atoms with van der Waals surface area (Å²) >= 11 is 1.43. The van der Waals surface area contributed by atoms with Crippen LogP contribution >= 0.6 is 11.8 Å². The number of halogens is 2. The standard InChI is InChI=1S/C13H14F2N2O4S/c1-20-9-3-2-8(4-10(9)21-13(14)15)16-11(18)5-17-7-22-6-12(17)19/h2-4,13H,5-7H2,1H3,(H,16,18). The maximum absolute atomic E-state index is 12.3. The Kier molecular flexibility index (Phi) is 5.42. The molecule has 0 spiro atoms. The number of alkyl halides is 2. The van der Waals surface area contributed by atoms with E-state index in [4.69, 9.17) is 4.74 Å². The number of ether oxygens (including phenoxy) is 2. The molecule has 1 heterocycles. The average Bonchev–Trinajstić information content (AvgIpc) is 2.84. The van der Waals surface area contributed by atoms with Crippen molar-refractivity contribution in [2.24, 2.45) is 0 Å². The predicted molar refractivity (Wildman–Crippen MR) is 77.3 cm³/mol. The van der Waals surface area contributed by atoms with Gasteiger partial charge in [0.15, 0.2) is 11.5 Å². The van der Waals surface area contributed by atoms with Gasteiger partial charge in [0.2, 0.25) is 11.8 Å². The van der Waals surface area contributed by atoms with E-state index in [1.54, 1.807) is 0 Å². The van der Waals surface area contributed by atoms with E-state index in [0.717, 1.165) is 0 Å². The molecule has 1 aliphatic rings. The molecule has 9 heteroatoms. The summed E-state index contributed by atoms with van der Waals surface area (Å²) in [7, 11) is 1.32. The maximum Gasteiger partial charge on any atom is 0.387 e. The van der Waals surface area contributed by atoms with Crippen molar-refractivity contribution in [3.05, 3.63) is 18.2 Å². The third-order valence-corrected chi connectivity index (χ3v) is 3.77. The summed E-state index contributed by atoms with van der Waals surface area (Å²) in [6, 6.07) is 4.14. The van der Waals surface area contributed by atoms with Crippen LogP contribution in [-0.2, 0) is 9.59 Å². The molecule has 0 saturated carbocycles. The van der Waals surface area contributed by atoms with Gasteiger partial charge in [-0.3, -0.25) is 9.59 Å². The zero-order chi connectivity index (χ0) is 16.1. The van der Waals surface area contributed by atoms with E-state index in [1.807, 2.05) is 0 Å². The molecular formula is C13H14F2N2O4S. The molecule has 1 N–H and O–H groups in total. The monoisotopic (exact) mass is 332 g/mol. The minimum atomic E-state index is -3.00. The summed E-state index contributed by atoms with van der Waals surface area (Å²) in [4.78, 5) is 24.7. The van der Waals surface area contributed by atoms with Crippen LogP contribution in [0.2, 0.25) is 0 Å². The number of thioether (sulfide) groups is 1. The first-order valence-corrected chi connectivity index (χ1v) is 7.43. The minimum absolute atomic E-state index is 0.0805. The third kappa shape index (κ3) is 4.23. The van der Waals surface area contributed by atoms with Crippen LogP contribution in [0.4, 0.5) is 14.5 Å². The van der Waals surface area contributed by atoms with Gasteiger partial charge in [-0.05, 0) is 12.1 Å². The Morgan fingerprint density at radius 2 is 2.23 bits per heavy atom. The Bertz CT molecular complexity index is 571. The van der Waals surface area contributed by atoms with E-state index in [2.05, 4.69) is 10.1 Å². The number of methoxy groups -OCH3 is 1.